The standard InChI is InChI=1S/C21H27N3O2S/c1-17-5-2-3-6-18(17)15-23-10-12-24(13-11-23)20(25)7-4-9-22-21(26)19-8-14-27-16-19/h2-3,5-6,8,14,16H,4,7,9-13,15H2,1H3,(H,22,26). The van der Waals surface area contributed by atoms with Crippen molar-refractivity contribution in [2.75, 3.05) is 32.7 Å². The van der Waals surface area contributed by atoms with Gasteiger partial charge >= 0.3 is 0 Å². The molecule has 0 unspecified atom stereocenters. The maximum absolute atomic E-state index is 12.4. The second kappa shape index (κ2) is 9.67. The van der Waals surface area contributed by atoms with Crippen molar-refractivity contribution in [1.29, 1.82) is 0 Å². The molecule has 27 heavy (non-hydrogen) atoms. The smallest absolute Gasteiger partial charge is 0.252 e. The lowest BCUT2D eigenvalue weighted by Gasteiger charge is -2.35. The van der Waals surface area contributed by atoms with Gasteiger partial charge in [0.25, 0.3) is 5.91 Å². The van der Waals surface area contributed by atoms with E-state index in [9.17, 15) is 9.59 Å². The zero-order valence-electron chi connectivity index (χ0n) is 15.8. The fourth-order valence-corrected chi connectivity index (χ4v) is 3.92. The Morgan fingerprint density at radius 1 is 1.11 bits per heavy atom. The molecule has 0 aliphatic carbocycles. The van der Waals surface area contributed by atoms with Crippen molar-refractivity contribution in [3.05, 3.63) is 57.8 Å². The molecule has 0 spiro atoms. The molecule has 0 atom stereocenters. The third-order valence-corrected chi connectivity index (χ3v) is 5.70. The Morgan fingerprint density at radius 2 is 1.89 bits per heavy atom. The lowest BCUT2D eigenvalue weighted by Crippen LogP contribution is -2.48. The molecule has 1 aliphatic rings. The highest BCUT2D eigenvalue weighted by atomic mass is 32.1. The van der Waals surface area contributed by atoms with Gasteiger partial charge in [0.15, 0.2) is 0 Å². The SMILES string of the molecule is Cc1ccccc1CN1CCN(C(=O)CCCNC(=O)c2ccsc2)CC1. The summed E-state index contributed by atoms with van der Waals surface area (Å²) in [6.07, 6.45) is 1.17. The molecule has 0 radical (unpaired) electrons. The fraction of sp³-hybridized carbons (Fsp3) is 0.429. The van der Waals surface area contributed by atoms with Crippen LogP contribution in [0.25, 0.3) is 0 Å². The van der Waals surface area contributed by atoms with Crippen LogP contribution in [0.1, 0.15) is 34.3 Å². The van der Waals surface area contributed by atoms with Gasteiger partial charge in [-0.05, 0) is 35.9 Å². The van der Waals surface area contributed by atoms with Gasteiger partial charge in [-0.25, -0.2) is 0 Å². The molecule has 2 aromatic rings. The van der Waals surface area contributed by atoms with Crippen molar-refractivity contribution >= 4 is 23.2 Å². The summed E-state index contributed by atoms with van der Waals surface area (Å²) in [5.41, 5.74) is 3.37. The molecule has 1 aromatic carbocycles. The number of carbonyl (C=O) groups is 2. The first-order chi connectivity index (χ1) is 13.1. The van der Waals surface area contributed by atoms with Crippen molar-refractivity contribution in [1.82, 2.24) is 15.1 Å². The Hall–Kier alpha value is -2.18. The first-order valence-corrected chi connectivity index (χ1v) is 10.4. The van der Waals surface area contributed by atoms with Crippen molar-refractivity contribution < 1.29 is 9.59 Å². The summed E-state index contributed by atoms with van der Waals surface area (Å²) in [4.78, 5) is 28.6. The van der Waals surface area contributed by atoms with Crippen molar-refractivity contribution in [3.8, 4) is 0 Å². The van der Waals surface area contributed by atoms with E-state index in [-0.39, 0.29) is 11.8 Å². The van der Waals surface area contributed by atoms with Gasteiger partial charge in [0.05, 0.1) is 0 Å². The summed E-state index contributed by atoms with van der Waals surface area (Å²) in [7, 11) is 0. The average molecular weight is 386 g/mol. The van der Waals surface area contributed by atoms with E-state index in [1.165, 1.54) is 22.5 Å². The number of amides is 2. The molecule has 1 fully saturated rings. The minimum atomic E-state index is -0.0616. The van der Waals surface area contributed by atoms with E-state index >= 15 is 0 Å². The number of hydrogen-bond acceptors (Lipinski definition) is 4. The van der Waals surface area contributed by atoms with E-state index in [1.807, 2.05) is 21.7 Å². The van der Waals surface area contributed by atoms with E-state index in [0.717, 1.165) is 32.7 Å². The van der Waals surface area contributed by atoms with Crippen LogP contribution < -0.4 is 5.32 Å². The maximum Gasteiger partial charge on any atom is 0.252 e. The molecule has 6 heteroatoms. The van der Waals surface area contributed by atoms with Crippen LogP contribution in [0.3, 0.4) is 0 Å². The average Bonchev–Trinajstić information content (AvgIpc) is 3.22. The zero-order chi connectivity index (χ0) is 19.1. The van der Waals surface area contributed by atoms with Crippen molar-refractivity contribution in [2.45, 2.75) is 26.3 Å². The molecule has 5 nitrogen and oxygen atoms in total. The topological polar surface area (TPSA) is 52.6 Å². The molecule has 1 N–H and O–H groups in total. The highest BCUT2D eigenvalue weighted by Gasteiger charge is 2.21. The number of rotatable bonds is 7. The molecule has 3 rings (SSSR count). The van der Waals surface area contributed by atoms with Crippen LogP contribution in [0.5, 0.6) is 0 Å². The summed E-state index contributed by atoms with van der Waals surface area (Å²) in [5, 5.41) is 6.59. The maximum atomic E-state index is 12.4. The Kier molecular flexibility index (Phi) is 7.01. The van der Waals surface area contributed by atoms with E-state index in [4.69, 9.17) is 0 Å². The van der Waals surface area contributed by atoms with E-state index in [0.29, 0.717) is 24.9 Å². The molecule has 2 amide bonds. The molecule has 1 saturated heterocycles. The second-order valence-electron chi connectivity index (χ2n) is 6.95. The third kappa shape index (κ3) is 5.65. The summed E-state index contributed by atoms with van der Waals surface area (Å²) >= 11 is 1.51. The molecule has 144 valence electrons. The Balaban J connectivity index is 1.34. The summed E-state index contributed by atoms with van der Waals surface area (Å²) in [6, 6.07) is 10.3. The number of hydrogen-bond donors (Lipinski definition) is 1. The predicted molar refractivity (Wildman–Crippen MR) is 109 cm³/mol. The Labute approximate surface area is 165 Å². The lowest BCUT2D eigenvalue weighted by atomic mass is 10.1. The van der Waals surface area contributed by atoms with Gasteiger partial charge in [-0.2, -0.15) is 11.3 Å². The number of benzene rings is 1. The number of nitrogens with zero attached hydrogens (tertiary/aromatic N) is 2. The monoisotopic (exact) mass is 385 g/mol. The van der Waals surface area contributed by atoms with Gasteiger partial charge < -0.3 is 10.2 Å². The van der Waals surface area contributed by atoms with Crippen LogP contribution >= 0.6 is 11.3 Å². The highest BCUT2D eigenvalue weighted by Crippen LogP contribution is 2.13. The molecule has 2 heterocycles. The normalized spacial score (nSPS) is 14.9. The third-order valence-electron chi connectivity index (χ3n) is 5.02. The fourth-order valence-electron chi connectivity index (χ4n) is 3.28. The number of carbonyl (C=O) groups excluding carboxylic acids is 2. The van der Waals surface area contributed by atoms with Gasteiger partial charge in [0, 0.05) is 56.6 Å². The quantitative estimate of drug-likeness (QED) is 0.746. The van der Waals surface area contributed by atoms with Gasteiger partial charge in [0.1, 0.15) is 0 Å². The van der Waals surface area contributed by atoms with Crippen LogP contribution in [0.4, 0.5) is 0 Å². The molecule has 0 saturated carbocycles. The largest absolute Gasteiger partial charge is 0.352 e. The Morgan fingerprint density at radius 3 is 2.59 bits per heavy atom. The summed E-state index contributed by atoms with van der Waals surface area (Å²) < 4.78 is 0. The van der Waals surface area contributed by atoms with Crippen LogP contribution in [-0.2, 0) is 11.3 Å². The Bertz CT molecular complexity index is 753. The van der Waals surface area contributed by atoms with Crippen LogP contribution in [0.2, 0.25) is 0 Å². The molecular formula is C21H27N3O2S. The second-order valence-corrected chi connectivity index (χ2v) is 7.73. The van der Waals surface area contributed by atoms with E-state index in [2.05, 4.69) is 41.4 Å². The highest BCUT2D eigenvalue weighted by molar-refractivity contribution is 7.08. The van der Waals surface area contributed by atoms with Crippen molar-refractivity contribution in [2.24, 2.45) is 0 Å². The van der Waals surface area contributed by atoms with Crippen LogP contribution in [0, 0.1) is 6.92 Å². The van der Waals surface area contributed by atoms with Crippen molar-refractivity contribution in [3.63, 3.8) is 0 Å². The molecule has 1 aliphatic heterocycles. The molecular weight excluding hydrogens is 358 g/mol. The first kappa shape index (κ1) is 19.6. The number of thiophene rings is 1. The first-order valence-electron chi connectivity index (χ1n) is 9.48. The van der Waals surface area contributed by atoms with Gasteiger partial charge in [0.2, 0.25) is 5.91 Å². The number of nitrogens with one attached hydrogen (secondary N) is 1. The zero-order valence-corrected chi connectivity index (χ0v) is 16.6. The van der Waals surface area contributed by atoms with Gasteiger partial charge in [-0.1, -0.05) is 24.3 Å². The predicted octanol–water partition coefficient (Wildman–Crippen LogP) is 2.91. The number of piperazine rings is 1. The van der Waals surface area contributed by atoms with Crippen LogP contribution in [0.15, 0.2) is 41.1 Å². The molecule has 1 aromatic heterocycles. The molecule has 0 bridgehead atoms. The minimum absolute atomic E-state index is 0.0616. The van der Waals surface area contributed by atoms with Gasteiger partial charge in [-0.15, -0.1) is 0 Å². The number of aryl methyl sites for hydroxylation is 1. The lowest BCUT2D eigenvalue weighted by molar-refractivity contribution is -0.133. The minimum Gasteiger partial charge on any atom is -0.352 e. The van der Waals surface area contributed by atoms with Crippen LogP contribution in [-0.4, -0.2) is 54.3 Å². The van der Waals surface area contributed by atoms with Gasteiger partial charge in [-0.3, -0.25) is 14.5 Å². The summed E-state index contributed by atoms with van der Waals surface area (Å²) in [5.74, 6) is 0.129. The van der Waals surface area contributed by atoms with E-state index in [1.54, 1.807) is 0 Å². The summed E-state index contributed by atoms with van der Waals surface area (Å²) in [6.45, 7) is 7.02. The van der Waals surface area contributed by atoms with E-state index < -0.39 is 0 Å².